The minimum atomic E-state index is -0.497. The summed E-state index contributed by atoms with van der Waals surface area (Å²) in [5.41, 5.74) is 0.124. The zero-order valence-corrected chi connectivity index (χ0v) is 16.0. The summed E-state index contributed by atoms with van der Waals surface area (Å²) in [6.45, 7) is 11.1. The van der Waals surface area contributed by atoms with Crippen molar-refractivity contribution in [3.05, 3.63) is 23.9 Å². The number of ketones is 1. The Balaban J connectivity index is 2.25. The third-order valence-corrected chi connectivity index (χ3v) is 3.28. The molecule has 6 nitrogen and oxygen atoms in total. The van der Waals surface area contributed by atoms with Gasteiger partial charge in [0.2, 0.25) is 0 Å². The molecule has 0 atom stereocenters. The van der Waals surface area contributed by atoms with Gasteiger partial charge in [-0.15, -0.1) is 0 Å². The summed E-state index contributed by atoms with van der Waals surface area (Å²) < 4.78 is 5.15. The lowest BCUT2D eigenvalue weighted by atomic mass is 10.1. The summed E-state index contributed by atoms with van der Waals surface area (Å²) in [7, 11) is 0. The zero-order chi connectivity index (χ0) is 18.9. The number of nitrogens with one attached hydrogen (secondary N) is 2. The first-order valence-corrected chi connectivity index (χ1v) is 8.87. The van der Waals surface area contributed by atoms with Crippen molar-refractivity contribution >= 4 is 17.7 Å². The molecule has 1 amide bonds. The molecule has 1 rings (SSSR count). The highest BCUT2D eigenvalue weighted by Gasteiger charge is 2.15. The van der Waals surface area contributed by atoms with Crippen molar-refractivity contribution in [3.63, 3.8) is 0 Å². The second-order valence-electron chi connectivity index (χ2n) is 7.52. The Morgan fingerprint density at radius 2 is 1.92 bits per heavy atom. The summed E-state index contributed by atoms with van der Waals surface area (Å²) in [5.74, 6) is 1.39. The molecule has 0 aliphatic rings. The van der Waals surface area contributed by atoms with Gasteiger partial charge in [-0.25, -0.2) is 9.78 Å². The van der Waals surface area contributed by atoms with Crippen LogP contribution in [0.3, 0.4) is 0 Å². The van der Waals surface area contributed by atoms with E-state index < -0.39 is 11.7 Å². The van der Waals surface area contributed by atoms with Crippen LogP contribution in [0, 0.1) is 5.92 Å². The first kappa shape index (κ1) is 20.9. The third kappa shape index (κ3) is 9.69. The number of rotatable bonds is 9. The Kier molecular flexibility index (Phi) is 8.38. The maximum absolute atomic E-state index is 12.1. The van der Waals surface area contributed by atoms with Gasteiger partial charge in [0.1, 0.15) is 11.4 Å². The normalized spacial score (nSPS) is 11.3. The third-order valence-electron chi connectivity index (χ3n) is 3.28. The summed E-state index contributed by atoms with van der Waals surface area (Å²) in [4.78, 5) is 27.9. The number of Topliss-reactive ketones (excluding diaryl/α,β-unsaturated/α-hetero) is 1. The van der Waals surface area contributed by atoms with Gasteiger partial charge >= 0.3 is 6.09 Å². The van der Waals surface area contributed by atoms with Crippen molar-refractivity contribution in [2.24, 2.45) is 5.92 Å². The highest BCUT2D eigenvalue weighted by Crippen LogP contribution is 2.10. The number of alkyl carbamates (subject to hydrolysis) is 1. The minimum Gasteiger partial charge on any atom is -0.444 e. The molecule has 0 bridgehead atoms. The maximum atomic E-state index is 12.1. The molecule has 25 heavy (non-hydrogen) atoms. The van der Waals surface area contributed by atoms with Crippen molar-refractivity contribution < 1.29 is 14.3 Å². The average Bonchev–Trinajstić information content (AvgIpc) is 2.51. The second kappa shape index (κ2) is 10.0. The van der Waals surface area contributed by atoms with E-state index in [4.69, 9.17) is 4.74 Å². The number of hydrogen-bond donors (Lipinski definition) is 2. The smallest absolute Gasteiger partial charge is 0.407 e. The van der Waals surface area contributed by atoms with E-state index in [-0.39, 0.29) is 5.78 Å². The van der Waals surface area contributed by atoms with E-state index in [1.54, 1.807) is 12.3 Å². The lowest BCUT2D eigenvalue weighted by Crippen LogP contribution is -2.33. The second-order valence-corrected chi connectivity index (χ2v) is 7.52. The predicted molar refractivity (Wildman–Crippen MR) is 100.0 cm³/mol. The summed E-state index contributed by atoms with van der Waals surface area (Å²) in [6.07, 6.45) is 3.07. The fraction of sp³-hybridized carbons (Fsp3) is 0.632. The number of amides is 1. The van der Waals surface area contributed by atoms with Gasteiger partial charge in [0.15, 0.2) is 5.78 Å². The van der Waals surface area contributed by atoms with Gasteiger partial charge in [-0.1, -0.05) is 13.8 Å². The molecule has 0 unspecified atom stereocenters. The highest BCUT2D eigenvalue weighted by molar-refractivity contribution is 5.95. The Morgan fingerprint density at radius 3 is 2.48 bits per heavy atom. The maximum Gasteiger partial charge on any atom is 0.407 e. The van der Waals surface area contributed by atoms with Crippen LogP contribution in [0.1, 0.15) is 64.2 Å². The lowest BCUT2D eigenvalue weighted by molar-refractivity contribution is 0.0527. The van der Waals surface area contributed by atoms with Crippen LogP contribution in [0.25, 0.3) is 0 Å². The molecule has 1 aromatic heterocycles. The number of carbonyl (C=O) groups is 2. The molecule has 0 saturated heterocycles. The number of nitrogens with zero attached hydrogens (tertiary/aromatic N) is 1. The molecule has 0 radical (unpaired) electrons. The monoisotopic (exact) mass is 349 g/mol. The number of unbranched alkanes of at least 4 members (excludes halogenated alkanes) is 1. The number of aromatic nitrogens is 1. The van der Waals surface area contributed by atoms with Crippen molar-refractivity contribution in [2.75, 3.05) is 18.4 Å². The standard InChI is InChI=1S/C19H31N3O3/c1-14(2)12-21-17-10-9-15(13-22-17)16(23)8-6-7-11-20-18(24)25-19(3,4)5/h9-10,13-14H,6-8,11-12H2,1-5H3,(H,20,24)(H,21,22). The molecule has 0 aromatic carbocycles. The fourth-order valence-corrected chi connectivity index (χ4v) is 2.03. The zero-order valence-electron chi connectivity index (χ0n) is 16.0. The van der Waals surface area contributed by atoms with E-state index >= 15 is 0 Å². The molecule has 0 saturated carbocycles. The van der Waals surface area contributed by atoms with E-state index in [2.05, 4.69) is 29.5 Å². The summed E-state index contributed by atoms with van der Waals surface area (Å²) >= 11 is 0. The van der Waals surface area contributed by atoms with Gasteiger partial charge in [-0.2, -0.15) is 0 Å². The summed E-state index contributed by atoms with van der Waals surface area (Å²) in [6, 6.07) is 3.64. The predicted octanol–water partition coefficient (Wildman–Crippen LogP) is 4.03. The number of pyridine rings is 1. The molecular weight excluding hydrogens is 318 g/mol. The molecule has 1 heterocycles. The van der Waals surface area contributed by atoms with E-state index in [0.717, 1.165) is 18.8 Å². The SMILES string of the molecule is CC(C)CNc1ccc(C(=O)CCCCNC(=O)OC(C)(C)C)cn1. The van der Waals surface area contributed by atoms with Crippen molar-refractivity contribution in [2.45, 2.75) is 59.5 Å². The fourth-order valence-electron chi connectivity index (χ4n) is 2.03. The quantitative estimate of drug-likeness (QED) is 0.520. The first-order chi connectivity index (χ1) is 11.7. The molecule has 140 valence electrons. The number of ether oxygens (including phenoxy) is 1. The van der Waals surface area contributed by atoms with Crippen LogP contribution < -0.4 is 10.6 Å². The topological polar surface area (TPSA) is 80.3 Å². The molecule has 0 spiro atoms. The van der Waals surface area contributed by atoms with Gasteiger partial charge in [0, 0.05) is 31.3 Å². The van der Waals surface area contributed by atoms with Crippen LogP contribution >= 0.6 is 0 Å². The molecule has 0 aliphatic carbocycles. The minimum absolute atomic E-state index is 0.0696. The van der Waals surface area contributed by atoms with E-state index in [0.29, 0.717) is 30.9 Å². The molecule has 0 aliphatic heterocycles. The van der Waals surface area contributed by atoms with Gasteiger partial charge in [-0.3, -0.25) is 4.79 Å². The highest BCUT2D eigenvalue weighted by atomic mass is 16.6. The van der Waals surface area contributed by atoms with E-state index in [9.17, 15) is 9.59 Å². The van der Waals surface area contributed by atoms with E-state index in [1.807, 2.05) is 26.8 Å². The number of hydrogen-bond acceptors (Lipinski definition) is 5. The molecule has 6 heteroatoms. The molecule has 2 N–H and O–H groups in total. The summed E-state index contributed by atoms with van der Waals surface area (Å²) in [5, 5.41) is 5.91. The van der Waals surface area contributed by atoms with Crippen LogP contribution in [0.15, 0.2) is 18.3 Å². The lowest BCUT2D eigenvalue weighted by Gasteiger charge is -2.19. The van der Waals surface area contributed by atoms with Crippen LogP contribution in [0.2, 0.25) is 0 Å². The van der Waals surface area contributed by atoms with Gasteiger partial charge in [-0.05, 0) is 51.7 Å². The van der Waals surface area contributed by atoms with Crippen molar-refractivity contribution in [3.8, 4) is 0 Å². The van der Waals surface area contributed by atoms with Crippen molar-refractivity contribution in [1.29, 1.82) is 0 Å². The molecular formula is C19H31N3O3. The van der Waals surface area contributed by atoms with Gasteiger partial charge in [0.05, 0.1) is 0 Å². The van der Waals surface area contributed by atoms with Crippen LogP contribution in [-0.4, -0.2) is 35.6 Å². The van der Waals surface area contributed by atoms with Crippen LogP contribution in [-0.2, 0) is 4.74 Å². The number of anilines is 1. The Hall–Kier alpha value is -2.11. The van der Waals surface area contributed by atoms with Crippen LogP contribution in [0.5, 0.6) is 0 Å². The Bertz CT molecular complexity index is 548. The molecule has 1 aromatic rings. The Morgan fingerprint density at radius 1 is 1.20 bits per heavy atom. The van der Waals surface area contributed by atoms with Gasteiger partial charge < -0.3 is 15.4 Å². The van der Waals surface area contributed by atoms with E-state index in [1.165, 1.54) is 0 Å². The first-order valence-electron chi connectivity index (χ1n) is 8.87. The Labute approximate surface area is 150 Å². The van der Waals surface area contributed by atoms with Crippen molar-refractivity contribution in [1.82, 2.24) is 10.3 Å². The number of carbonyl (C=O) groups excluding carboxylic acids is 2. The largest absolute Gasteiger partial charge is 0.444 e. The van der Waals surface area contributed by atoms with Gasteiger partial charge in [0.25, 0.3) is 0 Å². The average molecular weight is 349 g/mol. The van der Waals surface area contributed by atoms with Crippen LogP contribution in [0.4, 0.5) is 10.6 Å². The molecule has 0 fully saturated rings.